The molecule has 0 amide bonds. The molecule has 0 fully saturated rings. The molecule has 0 saturated carbocycles. The van der Waals surface area contributed by atoms with Gasteiger partial charge in [0.1, 0.15) is 12.5 Å². The Morgan fingerprint density at radius 1 is 0.622 bits per heavy atom. The molecule has 0 saturated heterocycles. The van der Waals surface area contributed by atoms with Crippen LogP contribution in [0.3, 0.4) is 0 Å². The average molecular weight is 492 g/mol. The lowest BCUT2D eigenvalue weighted by atomic mass is 9.84. The summed E-state index contributed by atoms with van der Waals surface area (Å²) in [6, 6.07) is 36.8. The van der Waals surface area contributed by atoms with Gasteiger partial charge >= 0.3 is 15.0 Å². The maximum Gasteiger partial charge on any atom is 0.311 e. The Labute approximate surface area is 221 Å². The topological polar surface area (TPSA) is 51.8 Å². The highest BCUT2D eigenvalue weighted by Gasteiger charge is 2.09. The molecule has 2 unspecified atom stereocenters. The number of ether oxygens (including phenoxy) is 1. The zero-order chi connectivity index (χ0) is 25.7. The number of rotatable bonds is 14. The van der Waals surface area contributed by atoms with Crippen LogP contribution in [0, 0.1) is 0 Å². The molecule has 0 aliphatic rings. The Morgan fingerprint density at radius 3 is 1.89 bits per heavy atom. The second-order valence-electron chi connectivity index (χ2n) is 9.01. The first-order valence-corrected chi connectivity index (χ1v) is 12.7. The smallest absolute Gasteiger partial charge is 0.311 e. The third-order valence-corrected chi connectivity index (χ3v) is 5.91. The monoisotopic (exact) mass is 492 g/mol. The van der Waals surface area contributed by atoms with Gasteiger partial charge in [-0.05, 0) is 54.7 Å². The molecule has 7 heteroatoms. The van der Waals surface area contributed by atoms with Crippen molar-refractivity contribution in [3.05, 3.63) is 120 Å². The van der Waals surface area contributed by atoms with E-state index in [0.717, 1.165) is 33.4 Å². The van der Waals surface area contributed by atoms with Gasteiger partial charge in [-0.2, -0.15) is 0 Å². The minimum Gasteiger partial charge on any atom is -0.416 e. The van der Waals surface area contributed by atoms with E-state index < -0.39 is 0 Å². The van der Waals surface area contributed by atoms with Gasteiger partial charge < -0.3 is 24.7 Å². The van der Waals surface area contributed by atoms with Crippen molar-refractivity contribution in [3.8, 4) is 0 Å². The molecule has 2 N–H and O–H groups in total. The number of benzene rings is 4. The highest BCUT2D eigenvalue weighted by Crippen LogP contribution is 2.09. The molecule has 37 heavy (non-hydrogen) atoms. The molecule has 0 aliphatic heterocycles. The minimum absolute atomic E-state index is 0.0911. The van der Waals surface area contributed by atoms with Crippen LogP contribution < -0.4 is 21.6 Å². The molecule has 188 valence electrons. The predicted octanol–water partition coefficient (Wildman–Crippen LogP) is 4.31. The third kappa shape index (κ3) is 9.14. The molecular weight excluding hydrogens is 458 g/mol. The summed E-state index contributed by atoms with van der Waals surface area (Å²) in [6.07, 6.45) is -0.196. The zero-order valence-corrected chi connectivity index (χ0v) is 21.6. The summed E-state index contributed by atoms with van der Waals surface area (Å²) < 4.78 is 18.1. The first-order valence-electron chi connectivity index (χ1n) is 12.7. The summed E-state index contributed by atoms with van der Waals surface area (Å²) in [7, 11) is 1.05. The number of anilines is 2. The van der Waals surface area contributed by atoms with E-state index in [4.69, 9.17) is 14.0 Å². The van der Waals surface area contributed by atoms with E-state index in [1.54, 1.807) is 0 Å². The Hall–Kier alpha value is -3.51. The first kappa shape index (κ1) is 26.6. The van der Waals surface area contributed by atoms with Crippen LogP contribution >= 0.6 is 0 Å². The predicted molar refractivity (Wildman–Crippen MR) is 156 cm³/mol. The number of hydrogen-bond donors (Lipinski definition) is 2. The van der Waals surface area contributed by atoms with Crippen LogP contribution in [0.2, 0.25) is 0 Å². The van der Waals surface area contributed by atoms with Gasteiger partial charge in [0, 0.05) is 11.4 Å². The van der Waals surface area contributed by atoms with Gasteiger partial charge in [-0.3, -0.25) is 0 Å². The van der Waals surface area contributed by atoms with Gasteiger partial charge in [-0.15, -0.1) is 0 Å². The molecule has 4 aromatic carbocycles. The summed E-state index contributed by atoms with van der Waals surface area (Å²) >= 11 is 0. The van der Waals surface area contributed by atoms with E-state index in [-0.39, 0.29) is 12.5 Å². The number of para-hydroxylation sites is 2. The molecule has 0 bridgehead atoms. The van der Waals surface area contributed by atoms with Crippen LogP contribution in [0.1, 0.15) is 25.0 Å². The highest BCUT2D eigenvalue weighted by atomic mass is 16.5. The van der Waals surface area contributed by atoms with Gasteiger partial charge in [0.05, 0.1) is 13.2 Å². The van der Waals surface area contributed by atoms with Crippen molar-refractivity contribution in [2.75, 3.05) is 10.6 Å². The fourth-order valence-electron chi connectivity index (χ4n) is 3.98. The van der Waals surface area contributed by atoms with Crippen molar-refractivity contribution in [1.82, 2.24) is 0 Å². The molecule has 0 heterocycles. The lowest BCUT2D eigenvalue weighted by Crippen LogP contribution is -2.29. The summed E-state index contributed by atoms with van der Waals surface area (Å²) in [5.74, 6) is 0. The quantitative estimate of drug-likeness (QED) is 0.203. The van der Waals surface area contributed by atoms with Crippen molar-refractivity contribution < 1.29 is 14.0 Å². The van der Waals surface area contributed by atoms with Crippen LogP contribution in [-0.2, 0) is 27.3 Å². The second kappa shape index (κ2) is 14.3. The van der Waals surface area contributed by atoms with Crippen molar-refractivity contribution in [3.63, 3.8) is 0 Å². The first-order chi connectivity index (χ1) is 18.2. The van der Waals surface area contributed by atoms with E-state index >= 15 is 0 Å². The molecule has 4 rings (SSSR count). The maximum atomic E-state index is 6.08. The highest BCUT2D eigenvalue weighted by molar-refractivity contribution is 6.47. The molecular formula is C30H34B2N2O3. The van der Waals surface area contributed by atoms with Crippen molar-refractivity contribution in [2.45, 2.75) is 39.5 Å². The van der Waals surface area contributed by atoms with Gasteiger partial charge in [0.15, 0.2) is 0 Å². The molecule has 2 atom stereocenters. The Balaban J connectivity index is 1.22. The van der Waals surface area contributed by atoms with Gasteiger partial charge in [0.25, 0.3) is 0 Å². The Morgan fingerprint density at radius 2 is 1.22 bits per heavy atom. The molecule has 0 aromatic heterocycles. The molecule has 4 aromatic rings. The molecule has 0 radical (unpaired) electrons. The van der Waals surface area contributed by atoms with Crippen LogP contribution in [0.5, 0.6) is 0 Å². The van der Waals surface area contributed by atoms with E-state index in [1.807, 2.05) is 86.6 Å². The van der Waals surface area contributed by atoms with Crippen LogP contribution in [0.15, 0.2) is 109 Å². The third-order valence-electron chi connectivity index (χ3n) is 5.91. The van der Waals surface area contributed by atoms with E-state index in [0.29, 0.717) is 28.2 Å². The van der Waals surface area contributed by atoms with E-state index in [9.17, 15) is 0 Å². The summed E-state index contributed by atoms with van der Waals surface area (Å²) in [5, 5.41) is 6.72. The largest absolute Gasteiger partial charge is 0.416 e. The van der Waals surface area contributed by atoms with Crippen LogP contribution in [0.25, 0.3) is 0 Å². The van der Waals surface area contributed by atoms with Gasteiger partial charge in [-0.1, -0.05) is 90.4 Å². The average Bonchev–Trinajstić information content (AvgIpc) is 2.93. The minimum atomic E-state index is -0.105. The van der Waals surface area contributed by atoms with Crippen molar-refractivity contribution in [1.29, 1.82) is 0 Å². The number of nitrogens with one attached hydrogen (secondary N) is 2. The zero-order valence-electron chi connectivity index (χ0n) is 21.6. The standard InChI is InChI=1S/C30H34B2N2O3/c1-23(33-28-15-5-3-6-16-28)36-31-27-14-11-12-25(20-27)21-35-22-26-13-9-10-19-30(26)32-37-24(2)34-29-17-7-4-8-18-29/h3-20,23-24,31-34H,21-22H2,1-2H3. The summed E-state index contributed by atoms with van der Waals surface area (Å²) in [6.45, 7) is 5.09. The van der Waals surface area contributed by atoms with Crippen molar-refractivity contribution >= 4 is 37.3 Å². The van der Waals surface area contributed by atoms with E-state index in [2.05, 4.69) is 47.0 Å². The van der Waals surface area contributed by atoms with Crippen LogP contribution in [-0.4, -0.2) is 27.4 Å². The second-order valence-corrected chi connectivity index (χ2v) is 9.01. The lowest BCUT2D eigenvalue weighted by molar-refractivity contribution is 0.107. The SMILES string of the molecule is CC(Nc1ccccc1)OBc1cccc(COCc2ccccc2BOC(C)Nc2ccccc2)c1. The fraction of sp³-hybridized carbons (Fsp3) is 0.200. The molecule has 0 spiro atoms. The van der Waals surface area contributed by atoms with Crippen LogP contribution in [0.4, 0.5) is 11.4 Å². The van der Waals surface area contributed by atoms with E-state index in [1.165, 1.54) is 0 Å². The summed E-state index contributed by atoms with van der Waals surface area (Å²) in [4.78, 5) is 0. The fourth-order valence-corrected chi connectivity index (χ4v) is 3.98. The Kier molecular flexibility index (Phi) is 10.3. The molecule has 0 aliphatic carbocycles. The number of hydrogen-bond acceptors (Lipinski definition) is 5. The Bertz CT molecular complexity index is 1210. The molecule has 5 nitrogen and oxygen atoms in total. The van der Waals surface area contributed by atoms with Gasteiger partial charge in [0.2, 0.25) is 0 Å². The van der Waals surface area contributed by atoms with Crippen molar-refractivity contribution in [2.24, 2.45) is 0 Å². The lowest BCUT2D eigenvalue weighted by Gasteiger charge is -2.17. The maximum absolute atomic E-state index is 6.08. The normalized spacial score (nSPS) is 12.4. The summed E-state index contributed by atoms with van der Waals surface area (Å²) in [5.41, 5.74) is 6.60. The van der Waals surface area contributed by atoms with Gasteiger partial charge in [-0.25, -0.2) is 0 Å².